The summed E-state index contributed by atoms with van der Waals surface area (Å²) in [6, 6.07) is 1.15. The second-order valence-corrected chi connectivity index (χ2v) is 5.54. The second kappa shape index (κ2) is 7.43. The number of nitrogens with one attached hydrogen (secondary N) is 1. The van der Waals surface area contributed by atoms with Gasteiger partial charge in [0.1, 0.15) is 0 Å². The molecule has 4 heteroatoms. The van der Waals surface area contributed by atoms with E-state index in [-0.39, 0.29) is 0 Å². The van der Waals surface area contributed by atoms with Crippen LogP contribution in [0, 0.1) is 0 Å². The van der Waals surface area contributed by atoms with E-state index in [0.717, 1.165) is 26.2 Å². The molecule has 4 nitrogen and oxygen atoms in total. The molecule has 0 aromatic heterocycles. The van der Waals surface area contributed by atoms with Crippen LogP contribution in [-0.4, -0.2) is 74.4 Å². The van der Waals surface area contributed by atoms with Gasteiger partial charge in [-0.1, -0.05) is 13.8 Å². The molecule has 3 aliphatic rings. The maximum Gasteiger partial charge on any atom is 0.0635 e. The highest BCUT2D eigenvalue weighted by atomic mass is 16.5. The minimum atomic E-state index is 0.500. The van der Waals surface area contributed by atoms with E-state index < -0.39 is 0 Å². The first-order valence-electron chi connectivity index (χ1n) is 7.62. The summed E-state index contributed by atoms with van der Waals surface area (Å²) in [7, 11) is 0. The van der Waals surface area contributed by atoms with Crippen molar-refractivity contribution in [3.05, 3.63) is 0 Å². The Morgan fingerprint density at radius 3 is 2.50 bits per heavy atom. The van der Waals surface area contributed by atoms with E-state index in [9.17, 15) is 0 Å². The van der Waals surface area contributed by atoms with Crippen molar-refractivity contribution in [1.82, 2.24) is 15.1 Å². The Hall–Kier alpha value is -0.160. The number of fused-ring (bicyclic) bond motifs is 3. The molecule has 2 unspecified atom stereocenters. The molecule has 3 fully saturated rings. The van der Waals surface area contributed by atoms with E-state index in [2.05, 4.69) is 29.0 Å². The third-order valence-electron chi connectivity index (χ3n) is 4.09. The molecule has 0 aliphatic carbocycles. The molecular weight excluding hydrogens is 226 g/mol. The van der Waals surface area contributed by atoms with E-state index in [1.807, 2.05) is 0 Å². The van der Waals surface area contributed by atoms with Gasteiger partial charge in [0.25, 0.3) is 0 Å². The minimum absolute atomic E-state index is 0.500. The molecule has 3 rings (SSSR count). The van der Waals surface area contributed by atoms with Crippen LogP contribution in [0.3, 0.4) is 0 Å². The lowest BCUT2D eigenvalue weighted by Gasteiger charge is -2.50. The fraction of sp³-hybridized carbons (Fsp3) is 1.00. The second-order valence-electron chi connectivity index (χ2n) is 5.54. The highest BCUT2D eigenvalue weighted by Gasteiger charge is 2.36. The van der Waals surface area contributed by atoms with Gasteiger partial charge in [-0.3, -0.25) is 9.80 Å². The molecule has 3 heterocycles. The zero-order valence-electron chi connectivity index (χ0n) is 12.0. The fourth-order valence-electron chi connectivity index (χ4n) is 3.03. The normalized spacial score (nSPS) is 32.7. The smallest absolute Gasteiger partial charge is 0.0635 e. The van der Waals surface area contributed by atoms with Crippen LogP contribution in [-0.2, 0) is 4.74 Å². The first-order valence-corrected chi connectivity index (χ1v) is 7.62. The van der Waals surface area contributed by atoms with Gasteiger partial charge in [0.05, 0.1) is 6.61 Å². The minimum Gasteiger partial charge on any atom is -0.380 e. The van der Waals surface area contributed by atoms with Crippen LogP contribution in [0.1, 0.15) is 26.7 Å². The zero-order valence-corrected chi connectivity index (χ0v) is 12.0. The number of piperazine rings is 3. The molecule has 0 spiro atoms. The van der Waals surface area contributed by atoms with Crippen molar-refractivity contribution in [3.8, 4) is 0 Å². The highest BCUT2D eigenvalue weighted by Crippen LogP contribution is 2.18. The van der Waals surface area contributed by atoms with E-state index in [0.29, 0.717) is 12.1 Å². The van der Waals surface area contributed by atoms with Gasteiger partial charge in [-0.2, -0.15) is 0 Å². The van der Waals surface area contributed by atoms with Crippen molar-refractivity contribution in [3.63, 3.8) is 0 Å². The number of hydrogen-bond acceptors (Lipinski definition) is 4. The van der Waals surface area contributed by atoms with Gasteiger partial charge in [-0.15, -0.1) is 0 Å². The van der Waals surface area contributed by atoms with Crippen LogP contribution in [0.2, 0.25) is 0 Å². The zero-order chi connectivity index (χ0) is 12.8. The lowest BCUT2D eigenvalue weighted by atomic mass is 10.0. The molecule has 18 heavy (non-hydrogen) atoms. The summed E-state index contributed by atoms with van der Waals surface area (Å²) in [6.45, 7) is 13.5. The van der Waals surface area contributed by atoms with Crippen LogP contribution < -0.4 is 5.32 Å². The Morgan fingerprint density at radius 2 is 1.94 bits per heavy atom. The lowest BCUT2D eigenvalue weighted by Crippen LogP contribution is -2.67. The third kappa shape index (κ3) is 3.67. The molecule has 0 aromatic carbocycles. The van der Waals surface area contributed by atoms with E-state index in [1.165, 1.54) is 39.1 Å². The summed E-state index contributed by atoms with van der Waals surface area (Å²) in [5, 5.41) is 3.69. The molecule has 0 aromatic rings. The lowest BCUT2D eigenvalue weighted by molar-refractivity contribution is -0.0213. The molecule has 0 amide bonds. The number of rotatable bonds is 8. The quantitative estimate of drug-likeness (QED) is 0.649. The molecule has 3 saturated heterocycles. The topological polar surface area (TPSA) is 27.7 Å². The Balaban J connectivity index is 1.85. The van der Waals surface area contributed by atoms with Crippen LogP contribution in [0.4, 0.5) is 0 Å². The molecule has 106 valence electrons. The standard InChI is InChI=1S/C14H29N3O/c1-3-5-15-13(12-18-10-4-2)14-11-16-6-8-17(14)9-7-16/h13-15H,3-12H2,1-2H3. The van der Waals surface area contributed by atoms with Gasteiger partial charge in [0.2, 0.25) is 0 Å². The predicted molar refractivity (Wildman–Crippen MR) is 75.0 cm³/mol. The van der Waals surface area contributed by atoms with Crippen molar-refractivity contribution in [2.24, 2.45) is 0 Å². The first-order chi connectivity index (χ1) is 8.85. The summed E-state index contributed by atoms with van der Waals surface area (Å²) >= 11 is 0. The monoisotopic (exact) mass is 255 g/mol. The van der Waals surface area contributed by atoms with Crippen LogP contribution in [0.5, 0.6) is 0 Å². The van der Waals surface area contributed by atoms with Gasteiger partial charge >= 0.3 is 0 Å². The summed E-state index contributed by atoms with van der Waals surface area (Å²) < 4.78 is 5.80. The van der Waals surface area contributed by atoms with Crippen LogP contribution in [0.15, 0.2) is 0 Å². The van der Waals surface area contributed by atoms with Gasteiger partial charge in [-0.25, -0.2) is 0 Å². The van der Waals surface area contributed by atoms with Crippen LogP contribution in [0.25, 0.3) is 0 Å². The molecular formula is C14H29N3O. The van der Waals surface area contributed by atoms with Crippen molar-refractivity contribution < 1.29 is 4.74 Å². The fourth-order valence-corrected chi connectivity index (χ4v) is 3.03. The summed E-state index contributed by atoms with van der Waals surface area (Å²) in [5.74, 6) is 0. The molecule has 3 aliphatic heterocycles. The van der Waals surface area contributed by atoms with Crippen molar-refractivity contribution in [2.75, 3.05) is 52.5 Å². The molecule has 1 N–H and O–H groups in total. The van der Waals surface area contributed by atoms with Crippen molar-refractivity contribution in [1.29, 1.82) is 0 Å². The van der Waals surface area contributed by atoms with Crippen molar-refractivity contribution in [2.45, 2.75) is 38.8 Å². The molecule has 2 bridgehead atoms. The highest BCUT2D eigenvalue weighted by molar-refractivity contribution is 4.94. The molecule has 2 atom stereocenters. The largest absolute Gasteiger partial charge is 0.380 e. The summed E-state index contributed by atoms with van der Waals surface area (Å²) in [4.78, 5) is 5.26. The first kappa shape index (κ1) is 14.3. The van der Waals surface area contributed by atoms with E-state index >= 15 is 0 Å². The van der Waals surface area contributed by atoms with E-state index in [1.54, 1.807) is 0 Å². The Labute approximate surface area is 112 Å². The van der Waals surface area contributed by atoms with Gasteiger partial charge in [0, 0.05) is 51.4 Å². The number of nitrogens with zero attached hydrogens (tertiary/aromatic N) is 2. The van der Waals surface area contributed by atoms with Crippen molar-refractivity contribution >= 4 is 0 Å². The molecule has 0 saturated carbocycles. The SMILES string of the molecule is CCCNC(COCCC)C1CN2CCN1CC2. The summed E-state index contributed by atoms with van der Waals surface area (Å²) in [6.07, 6.45) is 2.31. The maximum absolute atomic E-state index is 5.80. The number of ether oxygens (including phenoxy) is 1. The average Bonchev–Trinajstić information content (AvgIpc) is 2.44. The van der Waals surface area contributed by atoms with Gasteiger partial charge < -0.3 is 10.1 Å². The Bertz CT molecular complexity index is 229. The molecule has 0 radical (unpaired) electrons. The maximum atomic E-state index is 5.80. The average molecular weight is 255 g/mol. The predicted octanol–water partition coefficient (Wildman–Crippen LogP) is 0.781. The van der Waals surface area contributed by atoms with Gasteiger partial charge in [-0.05, 0) is 19.4 Å². The third-order valence-corrected chi connectivity index (χ3v) is 4.09. The van der Waals surface area contributed by atoms with E-state index in [4.69, 9.17) is 4.74 Å². The van der Waals surface area contributed by atoms with Gasteiger partial charge in [0.15, 0.2) is 0 Å². The summed E-state index contributed by atoms with van der Waals surface area (Å²) in [5.41, 5.74) is 0. The number of hydrogen-bond donors (Lipinski definition) is 1. The Morgan fingerprint density at radius 1 is 1.17 bits per heavy atom. The van der Waals surface area contributed by atoms with Crippen LogP contribution >= 0.6 is 0 Å². The Kier molecular flexibility index (Phi) is 5.89.